The lowest BCUT2D eigenvalue weighted by Gasteiger charge is -2.10. The lowest BCUT2D eigenvalue weighted by molar-refractivity contribution is -0.115. The van der Waals surface area contributed by atoms with E-state index in [9.17, 15) is 9.59 Å². The fraction of sp³-hybridized carbons (Fsp3) is 0.467. The van der Waals surface area contributed by atoms with Gasteiger partial charge in [0.25, 0.3) is 5.91 Å². The largest absolute Gasteiger partial charge is 0.351 e. The van der Waals surface area contributed by atoms with E-state index in [0.29, 0.717) is 18.5 Å². The van der Waals surface area contributed by atoms with Gasteiger partial charge in [0, 0.05) is 35.7 Å². The molecule has 0 atom stereocenters. The molecule has 5 nitrogen and oxygen atoms in total. The first kappa shape index (κ1) is 15.9. The number of anilines is 1. The van der Waals surface area contributed by atoms with Crippen LogP contribution < -0.4 is 16.0 Å². The Balaban J connectivity index is 1.94. The van der Waals surface area contributed by atoms with Gasteiger partial charge < -0.3 is 16.0 Å². The highest BCUT2D eigenvalue weighted by molar-refractivity contribution is 7.99. The van der Waals surface area contributed by atoms with Crippen LogP contribution in [0.25, 0.3) is 0 Å². The first-order valence-corrected chi connectivity index (χ1v) is 8.25. The molecule has 0 spiro atoms. The molecule has 1 aliphatic heterocycles. The van der Waals surface area contributed by atoms with Crippen LogP contribution in [0.3, 0.4) is 0 Å². The highest BCUT2D eigenvalue weighted by Gasteiger charge is 2.15. The second-order valence-electron chi connectivity index (χ2n) is 4.86. The van der Waals surface area contributed by atoms with Crippen molar-refractivity contribution in [2.24, 2.45) is 0 Å². The molecule has 114 valence electrons. The van der Waals surface area contributed by atoms with Gasteiger partial charge in [-0.15, -0.1) is 11.8 Å². The quantitative estimate of drug-likeness (QED) is 0.702. The maximum atomic E-state index is 12.1. The second-order valence-corrected chi connectivity index (χ2v) is 6.00. The number of benzene rings is 1. The summed E-state index contributed by atoms with van der Waals surface area (Å²) in [4.78, 5) is 24.7. The number of carbonyl (C=O) groups is 2. The van der Waals surface area contributed by atoms with E-state index in [1.54, 1.807) is 23.9 Å². The Morgan fingerprint density at radius 3 is 3.00 bits per heavy atom. The molecule has 2 amide bonds. The average molecular weight is 307 g/mol. The van der Waals surface area contributed by atoms with Crippen molar-refractivity contribution in [3.05, 3.63) is 23.8 Å². The third-order valence-corrected chi connectivity index (χ3v) is 4.19. The zero-order valence-electron chi connectivity index (χ0n) is 12.2. The summed E-state index contributed by atoms with van der Waals surface area (Å²) in [7, 11) is 0. The topological polar surface area (TPSA) is 70.2 Å². The molecule has 6 heteroatoms. The Morgan fingerprint density at radius 2 is 2.19 bits per heavy atom. The second kappa shape index (κ2) is 8.05. The Morgan fingerprint density at radius 1 is 1.33 bits per heavy atom. The van der Waals surface area contributed by atoms with Crippen molar-refractivity contribution in [3.63, 3.8) is 0 Å². The average Bonchev–Trinajstić information content (AvgIpc) is 2.66. The van der Waals surface area contributed by atoms with Gasteiger partial charge in [0.1, 0.15) is 0 Å². The highest BCUT2D eigenvalue weighted by Crippen LogP contribution is 2.31. The molecule has 0 bridgehead atoms. The molecule has 3 N–H and O–H groups in total. The first-order chi connectivity index (χ1) is 10.2. The summed E-state index contributed by atoms with van der Waals surface area (Å²) in [5.41, 5.74) is 1.31. The Kier molecular flexibility index (Phi) is 6.07. The Hall–Kier alpha value is -1.53. The van der Waals surface area contributed by atoms with Gasteiger partial charge >= 0.3 is 0 Å². The molecule has 0 aliphatic carbocycles. The highest BCUT2D eigenvalue weighted by atomic mass is 32.2. The maximum absolute atomic E-state index is 12.1. The maximum Gasteiger partial charge on any atom is 0.251 e. The standard InChI is InChI=1S/C15H21N3O2S/c1-2-6-16-7-8-17-15(20)11-3-4-13-12(10-11)18-14(19)5-9-21-13/h3-4,10,16H,2,5-9H2,1H3,(H,17,20)(H,18,19). The van der Waals surface area contributed by atoms with Gasteiger partial charge in [-0.2, -0.15) is 0 Å². The van der Waals surface area contributed by atoms with E-state index in [2.05, 4.69) is 22.9 Å². The molecule has 0 radical (unpaired) electrons. The summed E-state index contributed by atoms with van der Waals surface area (Å²) in [6.07, 6.45) is 1.58. The lowest BCUT2D eigenvalue weighted by Crippen LogP contribution is -2.32. The van der Waals surface area contributed by atoms with Gasteiger partial charge in [0.05, 0.1) is 5.69 Å². The van der Waals surface area contributed by atoms with Crippen LogP contribution >= 0.6 is 11.8 Å². The van der Waals surface area contributed by atoms with E-state index in [4.69, 9.17) is 0 Å². The number of hydrogen-bond donors (Lipinski definition) is 3. The monoisotopic (exact) mass is 307 g/mol. The fourth-order valence-electron chi connectivity index (χ4n) is 2.03. The van der Waals surface area contributed by atoms with Crippen LogP contribution in [0.5, 0.6) is 0 Å². The Bertz CT molecular complexity index is 520. The summed E-state index contributed by atoms with van der Waals surface area (Å²) in [5.74, 6) is 0.662. The van der Waals surface area contributed by atoms with Crippen LogP contribution in [0.1, 0.15) is 30.1 Å². The predicted molar refractivity (Wildman–Crippen MR) is 85.9 cm³/mol. The van der Waals surface area contributed by atoms with Gasteiger partial charge in [-0.3, -0.25) is 9.59 Å². The smallest absolute Gasteiger partial charge is 0.251 e. The number of thioether (sulfide) groups is 1. The molecule has 2 rings (SSSR count). The van der Waals surface area contributed by atoms with E-state index >= 15 is 0 Å². The van der Waals surface area contributed by atoms with E-state index < -0.39 is 0 Å². The van der Waals surface area contributed by atoms with Crippen LogP contribution in [0.2, 0.25) is 0 Å². The first-order valence-electron chi connectivity index (χ1n) is 7.26. The zero-order valence-corrected chi connectivity index (χ0v) is 13.0. The van der Waals surface area contributed by atoms with Gasteiger partial charge in [-0.25, -0.2) is 0 Å². The SMILES string of the molecule is CCCNCCNC(=O)c1ccc2c(c1)NC(=O)CCS2. The molecule has 0 saturated heterocycles. The van der Waals surface area contributed by atoms with Crippen molar-refractivity contribution in [2.75, 3.05) is 30.7 Å². The van der Waals surface area contributed by atoms with Crippen molar-refractivity contribution in [1.82, 2.24) is 10.6 Å². The Labute approximate surface area is 129 Å². The van der Waals surface area contributed by atoms with Crippen molar-refractivity contribution >= 4 is 29.3 Å². The van der Waals surface area contributed by atoms with E-state index in [1.807, 2.05) is 6.07 Å². The fourth-order valence-corrected chi connectivity index (χ4v) is 2.97. The number of rotatable bonds is 6. The minimum absolute atomic E-state index is 0.00238. The molecule has 21 heavy (non-hydrogen) atoms. The molecular formula is C15H21N3O2S. The van der Waals surface area contributed by atoms with Gasteiger partial charge in [-0.1, -0.05) is 6.92 Å². The van der Waals surface area contributed by atoms with Crippen molar-refractivity contribution < 1.29 is 9.59 Å². The lowest BCUT2D eigenvalue weighted by atomic mass is 10.2. The van der Waals surface area contributed by atoms with Gasteiger partial charge in [0.15, 0.2) is 0 Å². The summed E-state index contributed by atoms with van der Waals surface area (Å²) >= 11 is 1.64. The summed E-state index contributed by atoms with van der Waals surface area (Å²) in [5, 5.41) is 8.95. The molecule has 1 heterocycles. The van der Waals surface area contributed by atoms with Crippen LogP contribution in [-0.4, -0.2) is 37.2 Å². The van der Waals surface area contributed by atoms with E-state index in [-0.39, 0.29) is 11.8 Å². The molecule has 0 saturated carbocycles. The third-order valence-electron chi connectivity index (χ3n) is 3.12. The van der Waals surface area contributed by atoms with Crippen molar-refractivity contribution in [1.29, 1.82) is 0 Å². The van der Waals surface area contributed by atoms with Crippen molar-refractivity contribution in [2.45, 2.75) is 24.7 Å². The molecule has 1 aromatic rings. The molecular weight excluding hydrogens is 286 g/mol. The molecule has 0 fully saturated rings. The predicted octanol–water partition coefficient (Wildman–Crippen LogP) is 1.85. The molecule has 0 unspecified atom stereocenters. The van der Waals surface area contributed by atoms with Crippen LogP contribution in [0, 0.1) is 0 Å². The van der Waals surface area contributed by atoms with Crippen LogP contribution in [0.4, 0.5) is 5.69 Å². The minimum Gasteiger partial charge on any atom is -0.351 e. The summed E-state index contributed by atoms with van der Waals surface area (Å²) in [6, 6.07) is 5.45. The molecule has 1 aliphatic rings. The summed E-state index contributed by atoms with van der Waals surface area (Å²) < 4.78 is 0. The van der Waals surface area contributed by atoms with Crippen LogP contribution in [-0.2, 0) is 4.79 Å². The molecule has 1 aromatic carbocycles. The molecule has 0 aromatic heterocycles. The summed E-state index contributed by atoms with van der Waals surface area (Å²) in [6.45, 7) is 4.42. The third kappa shape index (κ3) is 4.75. The van der Waals surface area contributed by atoms with Crippen LogP contribution in [0.15, 0.2) is 23.1 Å². The number of nitrogens with one attached hydrogen (secondary N) is 3. The zero-order chi connectivity index (χ0) is 15.1. The van der Waals surface area contributed by atoms with Crippen molar-refractivity contribution in [3.8, 4) is 0 Å². The normalized spacial score (nSPS) is 14.0. The number of hydrogen-bond acceptors (Lipinski definition) is 4. The van der Waals surface area contributed by atoms with E-state index in [0.717, 1.165) is 35.8 Å². The minimum atomic E-state index is -0.111. The van der Waals surface area contributed by atoms with Gasteiger partial charge in [-0.05, 0) is 31.2 Å². The van der Waals surface area contributed by atoms with E-state index in [1.165, 1.54) is 0 Å². The number of carbonyl (C=O) groups excluding carboxylic acids is 2. The number of amides is 2. The number of fused-ring (bicyclic) bond motifs is 1. The van der Waals surface area contributed by atoms with Gasteiger partial charge in [0.2, 0.25) is 5.91 Å².